The zero-order valence-electron chi connectivity index (χ0n) is 17.8. The van der Waals surface area contributed by atoms with Crippen molar-refractivity contribution in [2.24, 2.45) is 0 Å². The van der Waals surface area contributed by atoms with Crippen LogP contribution in [0.4, 0.5) is 0 Å². The summed E-state index contributed by atoms with van der Waals surface area (Å²) in [4.78, 5) is 42.0. The molecule has 1 aliphatic heterocycles. The third-order valence-electron chi connectivity index (χ3n) is 5.61. The fraction of sp³-hybridized carbons (Fsp3) is 0.364. The fourth-order valence-electron chi connectivity index (χ4n) is 3.90. The summed E-state index contributed by atoms with van der Waals surface area (Å²) in [5.41, 5.74) is 2.44. The summed E-state index contributed by atoms with van der Waals surface area (Å²) >= 11 is 0. The molecule has 4 rings (SSSR count). The van der Waals surface area contributed by atoms with Crippen LogP contribution in [0.15, 0.2) is 35.3 Å². The van der Waals surface area contributed by atoms with Gasteiger partial charge in [0.2, 0.25) is 0 Å². The maximum Gasteiger partial charge on any atom is 0.274 e. The molecular weight excluding hydrogens is 398 g/mol. The summed E-state index contributed by atoms with van der Waals surface area (Å²) in [7, 11) is 1.59. The highest BCUT2D eigenvalue weighted by Crippen LogP contribution is 2.19. The van der Waals surface area contributed by atoms with Gasteiger partial charge in [-0.25, -0.2) is 4.52 Å². The summed E-state index contributed by atoms with van der Waals surface area (Å²) in [5, 5.41) is 7.33. The smallest absolute Gasteiger partial charge is 0.274 e. The van der Waals surface area contributed by atoms with Crippen LogP contribution in [0.25, 0.3) is 5.52 Å². The molecule has 2 amide bonds. The highest BCUT2D eigenvalue weighted by atomic mass is 16.5. The first-order chi connectivity index (χ1) is 14.9. The number of carbonyl (C=O) groups is 2. The fourth-order valence-corrected chi connectivity index (χ4v) is 3.90. The predicted octanol–water partition coefficient (Wildman–Crippen LogP) is 1.68. The van der Waals surface area contributed by atoms with E-state index in [-0.39, 0.29) is 29.1 Å². The van der Waals surface area contributed by atoms with Gasteiger partial charge in [-0.15, -0.1) is 0 Å². The maximum atomic E-state index is 12.9. The number of fused-ring (bicyclic) bond motifs is 1. The Kier molecular flexibility index (Phi) is 5.50. The summed E-state index contributed by atoms with van der Waals surface area (Å²) in [6, 6.07) is 6.86. The zero-order chi connectivity index (χ0) is 22.1. The minimum absolute atomic E-state index is 0.00962. The predicted molar refractivity (Wildman–Crippen MR) is 115 cm³/mol. The van der Waals surface area contributed by atoms with Gasteiger partial charge in [-0.05, 0) is 50.5 Å². The van der Waals surface area contributed by atoms with Crippen LogP contribution in [0.1, 0.15) is 44.9 Å². The average molecular weight is 423 g/mol. The van der Waals surface area contributed by atoms with E-state index in [0.717, 1.165) is 5.56 Å². The number of likely N-dealkylation sites (tertiary alicyclic amines) is 1. The van der Waals surface area contributed by atoms with E-state index < -0.39 is 0 Å². The maximum absolute atomic E-state index is 12.9. The summed E-state index contributed by atoms with van der Waals surface area (Å²) in [6.45, 7) is 4.65. The minimum Gasteiger partial charge on any atom is -0.497 e. The van der Waals surface area contributed by atoms with Crippen LogP contribution in [0.3, 0.4) is 0 Å². The summed E-state index contributed by atoms with van der Waals surface area (Å²) < 4.78 is 6.62. The van der Waals surface area contributed by atoms with Crippen molar-refractivity contribution in [1.82, 2.24) is 24.8 Å². The molecule has 162 valence electrons. The first kappa shape index (κ1) is 20.6. The number of benzene rings is 1. The Morgan fingerprint density at radius 1 is 1.19 bits per heavy atom. The second-order valence-electron chi connectivity index (χ2n) is 7.85. The Bertz CT molecular complexity index is 1200. The lowest BCUT2D eigenvalue weighted by Gasteiger charge is -2.32. The summed E-state index contributed by atoms with van der Waals surface area (Å²) in [5.74, 6) is 0.376. The number of methoxy groups -OCH3 is 1. The van der Waals surface area contributed by atoms with Crippen LogP contribution in [0, 0.1) is 13.8 Å². The average Bonchev–Trinajstić information content (AvgIpc) is 3.18. The number of ether oxygens (including phenoxy) is 1. The van der Waals surface area contributed by atoms with Gasteiger partial charge in [0.1, 0.15) is 11.3 Å². The first-order valence-corrected chi connectivity index (χ1v) is 10.2. The number of hydrogen-bond acceptors (Lipinski definition) is 5. The molecule has 0 aliphatic carbocycles. The molecular formula is C22H25N5O4. The van der Waals surface area contributed by atoms with E-state index in [4.69, 9.17) is 4.74 Å². The second kappa shape index (κ2) is 8.25. The van der Waals surface area contributed by atoms with Gasteiger partial charge >= 0.3 is 0 Å². The van der Waals surface area contributed by atoms with E-state index in [1.54, 1.807) is 37.3 Å². The topological polar surface area (TPSA) is 109 Å². The Morgan fingerprint density at radius 3 is 2.61 bits per heavy atom. The molecule has 0 atom stereocenters. The molecule has 0 saturated carbocycles. The van der Waals surface area contributed by atoms with E-state index >= 15 is 0 Å². The zero-order valence-corrected chi connectivity index (χ0v) is 17.8. The van der Waals surface area contributed by atoms with E-state index in [9.17, 15) is 14.4 Å². The third kappa shape index (κ3) is 4.16. The largest absolute Gasteiger partial charge is 0.497 e. The molecule has 0 unspecified atom stereocenters. The van der Waals surface area contributed by atoms with Gasteiger partial charge in [-0.2, -0.15) is 5.10 Å². The van der Waals surface area contributed by atoms with Crippen molar-refractivity contribution >= 4 is 17.3 Å². The second-order valence-corrected chi connectivity index (χ2v) is 7.85. The van der Waals surface area contributed by atoms with E-state index in [0.29, 0.717) is 48.5 Å². The Balaban J connectivity index is 1.38. The molecule has 1 saturated heterocycles. The van der Waals surface area contributed by atoms with Gasteiger partial charge in [0.05, 0.1) is 7.11 Å². The van der Waals surface area contributed by atoms with Crippen LogP contribution >= 0.6 is 0 Å². The molecule has 0 radical (unpaired) electrons. The SMILES string of the molecule is COc1ccc(C(=O)NC2CCN(C(=O)c3cc4c(=O)[nH]c(C)cn4n3)CC2)c(C)c1. The van der Waals surface area contributed by atoms with Crippen molar-refractivity contribution in [1.29, 1.82) is 0 Å². The number of hydrogen-bond donors (Lipinski definition) is 2. The molecule has 3 aromatic rings. The Labute approximate surface area is 179 Å². The molecule has 2 aromatic heterocycles. The van der Waals surface area contributed by atoms with Gasteiger partial charge in [0.25, 0.3) is 17.4 Å². The number of nitrogens with zero attached hydrogens (tertiary/aromatic N) is 3. The highest BCUT2D eigenvalue weighted by molar-refractivity contribution is 5.96. The highest BCUT2D eigenvalue weighted by Gasteiger charge is 2.27. The molecule has 9 nitrogen and oxygen atoms in total. The quantitative estimate of drug-likeness (QED) is 0.664. The monoisotopic (exact) mass is 423 g/mol. The number of amides is 2. The van der Waals surface area contributed by atoms with E-state index in [1.807, 2.05) is 13.0 Å². The van der Waals surface area contributed by atoms with Gasteiger partial charge < -0.3 is 19.9 Å². The number of aryl methyl sites for hydroxylation is 2. The normalized spacial score (nSPS) is 14.6. The first-order valence-electron chi connectivity index (χ1n) is 10.2. The Hall–Kier alpha value is -3.62. The third-order valence-corrected chi connectivity index (χ3v) is 5.61. The number of aromatic amines is 1. The van der Waals surface area contributed by atoms with Gasteiger partial charge in [0, 0.05) is 42.7 Å². The number of H-pyrrole nitrogens is 1. The molecule has 9 heteroatoms. The number of carbonyl (C=O) groups excluding carboxylic acids is 2. The number of piperidine rings is 1. The van der Waals surface area contributed by atoms with Gasteiger partial charge in [0.15, 0.2) is 5.69 Å². The van der Waals surface area contributed by atoms with Gasteiger partial charge in [-0.1, -0.05) is 0 Å². The Morgan fingerprint density at radius 2 is 1.94 bits per heavy atom. The summed E-state index contributed by atoms with van der Waals surface area (Å²) in [6.07, 6.45) is 2.98. The van der Waals surface area contributed by atoms with Crippen molar-refractivity contribution in [2.45, 2.75) is 32.7 Å². The molecule has 1 fully saturated rings. The van der Waals surface area contributed by atoms with Crippen molar-refractivity contribution in [3.63, 3.8) is 0 Å². The van der Waals surface area contributed by atoms with E-state index in [1.165, 1.54) is 10.6 Å². The molecule has 0 bridgehead atoms. The van der Waals surface area contributed by atoms with Crippen LogP contribution < -0.4 is 15.6 Å². The van der Waals surface area contributed by atoms with Crippen molar-refractivity contribution in [2.75, 3.05) is 20.2 Å². The van der Waals surface area contributed by atoms with Crippen molar-refractivity contribution in [3.8, 4) is 5.75 Å². The lowest BCUT2D eigenvalue weighted by atomic mass is 10.0. The number of nitrogens with one attached hydrogen (secondary N) is 2. The molecule has 0 spiro atoms. The lowest BCUT2D eigenvalue weighted by molar-refractivity contribution is 0.0692. The van der Waals surface area contributed by atoms with Crippen LogP contribution in [0.2, 0.25) is 0 Å². The standard InChI is InChI=1S/C22H25N5O4/c1-13-10-16(31-3)4-5-17(13)20(28)24-15-6-8-26(9-7-15)22(30)18-11-19-21(29)23-14(2)12-27(19)25-18/h4-5,10-12,15H,6-9H2,1-3H3,(H,23,29)(H,24,28). The number of rotatable bonds is 4. The minimum atomic E-state index is -0.276. The van der Waals surface area contributed by atoms with Crippen LogP contribution in [-0.2, 0) is 0 Å². The van der Waals surface area contributed by atoms with Crippen molar-refractivity contribution < 1.29 is 14.3 Å². The molecule has 1 aromatic carbocycles. The molecule has 1 aliphatic rings. The molecule has 3 heterocycles. The van der Waals surface area contributed by atoms with E-state index in [2.05, 4.69) is 15.4 Å². The van der Waals surface area contributed by atoms with Crippen LogP contribution in [0.5, 0.6) is 5.75 Å². The number of aromatic nitrogens is 3. The lowest BCUT2D eigenvalue weighted by Crippen LogP contribution is -2.46. The van der Waals surface area contributed by atoms with Crippen molar-refractivity contribution in [3.05, 3.63) is 63.3 Å². The van der Waals surface area contributed by atoms with Crippen LogP contribution in [-0.4, -0.2) is 57.6 Å². The van der Waals surface area contributed by atoms with Gasteiger partial charge in [-0.3, -0.25) is 14.4 Å². The molecule has 2 N–H and O–H groups in total. The molecule has 31 heavy (non-hydrogen) atoms.